The Bertz CT molecular complexity index is 1400. The smallest absolute Gasteiger partial charge is 0.407 e. The van der Waals surface area contributed by atoms with Crippen molar-refractivity contribution in [3.05, 3.63) is 47.8 Å². The summed E-state index contributed by atoms with van der Waals surface area (Å²) in [4.78, 5) is 48.1. The van der Waals surface area contributed by atoms with Gasteiger partial charge in [-0.15, -0.1) is 0 Å². The predicted octanol–water partition coefficient (Wildman–Crippen LogP) is 5.81. The molecule has 3 N–H and O–H groups in total. The van der Waals surface area contributed by atoms with Gasteiger partial charge in [0.2, 0.25) is 5.95 Å². The number of carbonyl (C=O) groups is 3. The second-order valence-electron chi connectivity index (χ2n) is 12.3. The van der Waals surface area contributed by atoms with Crippen LogP contribution in [0.3, 0.4) is 0 Å². The van der Waals surface area contributed by atoms with E-state index in [9.17, 15) is 14.4 Å². The summed E-state index contributed by atoms with van der Waals surface area (Å²) < 4.78 is 7.31. The molecule has 1 fully saturated rings. The summed E-state index contributed by atoms with van der Waals surface area (Å²) in [6, 6.07) is 9.34. The molecule has 1 aliphatic rings. The van der Waals surface area contributed by atoms with Crippen molar-refractivity contribution in [2.24, 2.45) is 0 Å². The lowest BCUT2D eigenvalue weighted by molar-refractivity contribution is 0.0526. The minimum atomic E-state index is -0.496. The molecule has 0 unspecified atom stereocenters. The molecular weight excluding hydrogens is 546 g/mol. The Kier molecular flexibility index (Phi) is 10.6. The monoisotopic (exact) mass is 591 g/mol. The van der Waals surface area contributed by atoms with Crippen molar-refractivity contribution in [3.8, 4) is 0 Å². The van der Waals surface area contributed by atoms with Crippen LogP contribution in [0, 0.1) is 0 Å². The molecule has 232 valence electrons. The van der Waals surface area contributed by atoms with Crippen LogP contribution in [0.25, 0.3) is 11.0 Å². The molecule has 0 saturated heterocycles. The van der Waals surface area contributed by atoms with Gasteiger partial charge < -0.3 is 30.2 Å². The average molecular weight is 592 g/mol. The van der Waals surface area contributed by atoms with Crippen LogP contribution in [0.2, 0.25) is 0 Å². The third kappa shape index (κ3) is 8.92. The highest BCUT2D eigenvalue weighted by Crippen LogP contribution is 2.35. The first-order valence-electron chi connectivity index (χ1n) is 15.2. The van der Waals surface area contributed by atoms with Gasteiger partial charge in [-0.2, -0.15) is 4.98 Å². The van der Waals surface area contributed by atoms with E-state index in [0.717, 1.165) is 68.1 Å². The Morgan fingerprint density at radius 1 is 0.977 bits per heavy atom. The Morgan fingerprint density at radius 3 is 2.26 bits per heavy atom. The summed E-state index contributed by atoms with van der Waals surface area (Å²) in [7, 11) is 3.53. The Balaban J connectivity index is 1.26. The van der Waals surface area contributed by atoms with Crippen LogP contribution in [0.15, 0.2) is 36.5 Å². The number of hydrogen-bond donors (Lipinski definition) is 3. The van der Waals surface area contributed by atoms with Crippen LogP contribution in [0.5, 0.6) is 0 Å². The zero-order chi connectivity index (χ0) is 31.0. The highest BCUT2D eigenvalue weighted by atomic mass is 16.6. The van der Waals surface area contributed by atoms with Gasteiger partial charge in [0.05, 0.1) is 0 Å². The van der Waals surface area contributed by atoms with Gasteiger partial charge >= 0.3 is 6.09 Å². The van der Waals surface area contributed by atoms with Gasteiger partial charge in [0.1, 0.15) is 16.9 Å². The fraction of sp³-hybridized carbons (Fsp3) is 0.531. The van der Waals surface area contributed by atoms with Crippen LogP contribution >= 0.6 is 0 Å². The molecule has 43 heavy (non-hydrogen) atoms. The summed E-state index contributed by atoms with van der Waals surface area (Å²) in [5.74, 6) is 0.274. The number of ether oxygens (including phenoxy) is 1. The molecule has 0 spiro atoms. The van der Waals surface area contributed by atoms with Crippen LogP contribution in [0.1, 0.15) is 99.0 Å². The molecule has 0 bridgehead atoms. The van der Waals surface area contributed by atoms with Gasteiger partial charge in [0.15, 0.2) is 0 Å². The van der Waals surface area contributed by atoms with Gasteiger partial charge in [-0.05, 0) is 76.8 Å². The number of fused-ring (bicyclic) bond motifs is 1. The van der Waals surface area contributed by atoms with Crippen LogP contribution in [0.4, 0.5) is 16.4 Å². The number of benzene rings is 1. The number of nitrogens with one attached hydrogen (secondary N) is 3. The van der Waals surface area contributed by atoms with Crippen LogP contribution < -0.4 is 16.0 Å². The quantitative estimate of drug-likeness (QED) is 0.227. The fourth-order valence-electron chi connectivity index (χ4n) is 5.24. The van der Waals surface area contributed by atoms with Crippen molar-refractivity contribution in [2.45, 2.75) is 83.8 Å². The van der Waals surface area contributed by atoms with E-state index in [1.807, 2.05) is 39.0 Å². The highest BCUT2D eigenvalue weighted by molar-refractivity contribution is 5.98. The van der Waals surface area contributed by atoms with Crippen molar-refractivity contribution in [2.75, 3.05) is 32.5 Å². The molecule has 3 amide bonds. The van der Waals surface area contributed by atoms with Crippen molar-refractivity contribution in [1.29, 1.82) is 0 Å². The molecule has 0 aliphatic heterocycles. The van der Waals surface area contributed by atoms with E-state index in [4.69, 9.17) is 9.72 Å². The van der Waals surface area contributed by atoms with E-state index in [-0.39, 0.29) is 17.9 Å². The lowest BCUT2D eigenvalue weighted by Crippen LogP contribution is -2.33. The SMILES string of the molecule is CN(C)C(=O)c1cc2cnc(Nc3ccc(C(=O)NCCCCCCNC(=O)OC(C)(C)C)cc3)nc2n1C1CCCC1. The first kappa shape index (κ1) is 31.8. The maximum atomic E-state index is 12.9. The average Bonchev–Trinajstić information content (AvgIpc) is 3.61. The van der Waals surface area contributed by atoms with Gasteiger partial charge in [-0.3, -0.25) is 9.59 Å². The lowest BCUT2D eigenvalue weighted by Gasteiger charge is -2.19. The number of amides is 3. The van der Waals surface area contributed by atoms with E-state index in [1.54, 1.807) is 37.3 Å². The summed E-state index contributed by atoms with van der Waals surface area (Å²) in [6.07, 6.45) is 9.34. The zero-order valence-corrected chi connectivity index (χ0v) is 26.0. The van der Waals surface area contributed by atoms with Crippen LogP contribution in [-0.2, 0) is 4.74 Å². The zero-order valence-electron chi connectivity index (χ0n) is 26.0. The summed E-state index contributed by atoms with van der Waals surface area (Å²) in [5, 5.41) is 9.81. The molecule has 4 rings (SSSR count). The van der Waals surface area contributed by atoms with Crippen molar-refractivity contribution in [3.63, 3.8) is 0 Å². The molecule has 1 aromatic carbocycles. The van der Waals surface area contributed by atoms with E-state index in [2.05, 4.69) is 25.5 Å². The number of carbonyl (C=O) groups excluding carboxylic acids is 3. The number of alkyl carbamates (subject to hydrolysis) is 1. The van der Waals surface area contributed by atoms with E-state index >= 15 is 0 Å². The van der Waals surface area contributed by atoms with E-state index < -0.39 is 11.7 Å². The van der Waals surface area contributed by atoms with Gasteiger partial charge in [0.25, 0.3) is 11.8 Å². The molecule has 2 heterocycles. The second-order valence-corrected chi connectivity index (χ2v) is 12.3. The first-order valence-corrected chi connectivity index (χ1v) is 15.2. The molecule has 1 saturated carbocycles. The number of nitrogens with zero attached hydrogens (tertiary/aromatic N) is 4. The largest absolute Gasteiger partial charge is 0.444 e. The minimum Gasteiger partial charge on any atom is -0.444 e. The molecule has 3 aromatic rings. The van der Waals surface area contributed by atoms with Gasteiger partial charge in [-0.1, -0.05) is 25.7 Å². The van der Waals surface area contributed by atoms with Gasteiger partial charge in [-0.25, -0.2) is 9.78 Å². The molecule has 2 aromatic heterocycles. The number of unbranched alkanes of at least 4 members (excludes halogenated alkanes) is 3. The topological polar surface area (TPSA) is 130 Å². The standard InChI is InChI=1S/C32H45N7O4/c1-32(2,3)43-31(42)34-19-11-7-6-10-18-33-28(40)22-14-16-24(17-15-22)36-30-35-21-23-20-26(29(41)38(4)5)39(27(23)37-30)25-12-8-9-13-25/h14-17,20-21,25H,6-13,18-19H2,1-5H3,(H,33,40)(H,34,42)(H,35,36,37). The Hall–Kier alpha value is -4.15. The normalized spacial score (nSPS) is 13.6. The molecule has 0 radical (unpaired) electrons. The van der Waals surface area contributed by atoms with Crippen molar-refractivity contribution >= 4 is 40.6 Å². The van der Waals surface area contributed by atoms with Gasteiger partial charge in [0, 0.05) is 56.1 Å². The highest BCUT2D eigenvalue weighted by Gasteiger charge is 2.26. The summed E-state index contributed by atoms with van der Waals surface area (Å²) >= 11 is 0. The minimum absolute atomic E-state index is 0.0409. The molecule has 11 heteroatoms. The van der Waals surface area contributed by atoms with E-state index in [1.165, 1.54) is 0 Å². The molecular formula is C32H45N7O4. The number of anilines is 2. The number of rotatable bonds is 12. The van der Waals surface area contributed by atoms with Crippen molar-refractivity contribution < 1.29 is 19.1 Å². The lowest BCUT2D eigenvalue weighted by atomic mass is 10.1. The maximum Gasteiger partial charge on any atom is 0.407 e. The Morgan fingerprint density at radius 2 is 1.63 bits per heavy atom. The predicted molar refractivity (Wildman–Crippen MR) is 168 cm³/mol. The second kappa shape index (κ2) is 14.3. The van der Waals surface area contributed by atoms with E-state index in [0.29, 0.717) is 30.3 Å². The van der Waals surface area contributed by atoms with Crippen molar-refractivity contribution in [1.82, 2.24) is 30.1 Å². The fourth-order valence-corrected chi connectivity index (χ4v) is 5.24. The summed E-state index contributed by atoms with van der Waals surface area (Å²) in [6.45, 7) is 6.68. The third-order valence-corrected chi connectivity index (χ3v) is 7.35. The third-order valence-electron chi connectivity index (χ3n) is 7.35. The summed E-state index contributed by atoms with van der Waals surface area (Å²) in [5.41, 5.74) is 2.24. The number of aromatic nitrogens is 3. The molecule has 11 nitrogen and oxygen atoms in total. The molecule has 1 aliphatic carbocycles. The first-order chi connectivity index (χ1) is 20.5. The van der Waals surface area contributed by atoms with Crippen LogP contribution in [-0.4, -0.2) is 70.1 Å². The molecule has 0 atom stereocenters. The Labute approximate surface area is 253 Å². The number of hydrogen-bond acceptors (Lipinski definition) is 7. The maximum absolute atomic E-state index is 12.9.